The minimum Gasteiger partial charge on any atom is -0.380 e. The maximum Gasteiger partial charge on any atom is 0.0641 e. The second-order valence-electron chi connectivity index (χ2n) is 5.41. The molecule has 1 aliphatic carbocycles. The van der Waals surface area contributed by atoms with Gasteiger partial charge < -0.3 is 5.32 Å². The quantitative estimate of drug-likeness (QED) is 0.753. The zero-order chi connectivity index (χ0) is 14.1. The predicted molar refractivity (Wildman–Crippen MR) is 86.9 cm³/mol. The molecule has 0 aromatic heterocycles. The average Bonchev–Trinajstić information content (AvgIpc) is 3.26. The fourth-order valence-corrected chi connectivity index (χ4v) is 2.91. The van der Waals surface area contributed by atoms with Crippen molar-refractivity contribution in [3.63, 3.8) is 0 Å². The molecule has 1 saturated carbocycles. The maximum atomic E-state index is 6.26. The molecule has 0 saturated heterocycles. The first kappa shape index (κ1) is 13.8. The van der Waals surface area contributed by atoms with Crippen molar-refractivity contribution in [3.8, 4) is 0 Å². The molecular formula is C17H17Cl2N. The zero-order valence-corrected chi connectivity index (χ0v) is 12.9. The molecule has 0 heterocycles. The van der Waals surface area contributed by atoms with Crippen LogP contribution < -0.4 is 5.32 Å². The molecular weight excluding hydrogens is 289 g/mol. The van der Waals surface area contributed by atoms with Gasteiger partial charge in [-0.25, -0.2) is 0 Å². The van der Waals surface area contributed by atoms with E-state index in [0.29, 0.717) is 0 Å². The van der Waals surface area contributed by atoms with Crippen LogP contribution in [0.15, 0.2) is 36.4 Å². The minimum absolute atomic E-state index is 0.718. The number of aryl methyl sites for hydroxylation is 1. The highest BCUT2D eigenvalue weighted by atomic mass is 35.5. The summed E-state index contributed by atoms with van der Waals surface area (Å²) in [4.78, 5) is 0. The van der Waals surface area contributed by atoms with Crippen LogP contribution in [0.5, 0.6) is 0 Å². The van der Waals surface area contributed by atoms with Crippen molar-refractivity contribution in [1.82, 2.24) is 0 Å². The topological polar surface area (TPSA) is 12.0 Å². The normalized spacial score (nSPS) is 14.3. The largest absolute Gasteiger partial charge is 0.380 e. The first-order chi connectivity index (χ1) is 9.65. The van der Waals surface area contributed by atoms with E-state index < -0.39 is 0 Å². The Kier molecular flexibility index (Phi) is 3.91. The van der Waals surface area contributed by atoms with Gasteiger partial charge in [0, 0.05) is 11.6 Å². The Morgan fingerprint density at radius 1 is 1.10 bits per heavy atom. The molecule has 1 nitrogen and oxygen atoms in total. The summed E-state index contributed by atoms with van der Waals surface area (Å²) < 4.78 is 0. The lowest BCUT2D eigenvalue weighted by atomic mass is 10.0. The fraction of sp³-hybridized carbons (Fsp3) is 0.294. The molecule has 104 valence electrons. The van der Waals surface area contributed by atoms with Crippen LogP contribution in [-0.2, 0) is 6.54 Å². The Morgan fingerprint density at radius 2 is 1.85 bits per heavy atom. The Hall–Kier alpha value is -1.18. The highest BCUT2D eigenvalue weighted by molar-refractivity contribution is 6.35. The van der Waals surface area contributed by atoms with E-state index in [9.17, 15) is 0 Å². The second-order valence-corrected chi connectivity index (χ2v) is 6.22. The van der Waals surface area contributed by atoms with Gasteiger partial charge in [-0.1, -0.05) is 47.5 Å². The van der Waals surface area contributed by atoms with E-state index in [-0.39, 0.29) is 0 Å². The van der Waals surface area contributed by atoms with Gasteiger partial charge in [-0.3, -0.25) is 0 Å². The van der Waals surface area contributed by atoms with Gasteiger partial charge in [0.1, 0.15) is 0 Å². The molecule has 0 amide bonds. The fourth-order valence-electron chi connectivity index (χ4n) is 2.46. The van der Waals surface area contributed by atoms with Crippen molar-refractivity contribution < 1.29 is 0 Å². The molecule has 3 rings (SSSR count). The lowest BCUT2D eigenvalue weighted by Gasteiger charge is -2.13. The third-order valence-corrected chi connectivity index (χ3v) is 4.51. The molecule has 2 aromatic rings. The van der Waals surface area contributed by atoms with E-state index in [1.165, 1.54) is 24.0 Å². The third kappa shape index (κ3) is 2.94. The molecule has 0 aliphatic heterocycles. The van der Waals surface area contributed by atoms with Crippen LogP contribution in [0.3, 0.4) is 0 Å². The van der Waals surface area contributed by atoms with Crippen molar-refractivity contribution >= 4 is 28.9 Å². The SMILES string of the molecule is Cc1cc(Cl)c(NCc2ccccc2C2CC2)cc1Cl. The standard InChI is InChI=1S/C17H17Cl2N/c1-11-8-16(19)17(9-15(11)18)20-10-13-4-2-3-5-14(13)12-6-7-12/h2-5,8-9,12,20H,6-7,10H2,1H3. The molecule has 1 aliphatic rings. The smallest absolute Gasteiger partial charge is 0.0641 e. The van der Waals surface area contributed by atoms with Gasteiger partial charge >= 0.3 is 0 Å². The van der Waals surface area contributed by atoms with Gasteiger partial charge in [0.2, 0.25) is 0 Å². The monoisotopic (exact) mass is 305 g/mol. The van der Waals surface area contributed by atoms with Crippen molar-refractivity contribution in [2.45, 2.75) is 32.2 Å². The molecule has 3 heteroatoms. The summed E-state index contributed by atoms with van der Waals surface area (Å²) in [7, 11) is 0. The first-order valence-electron chi connectivity index (χ1n) is 6.92. The van der Waals surface area contributed by atoms with Crippen molar-refractivity contribution in [2.75, 3.05) is 5.32 Å². The van der Waals surface area contributed by atoms with Gasteiger partial charge in [-0.05, 0) is 54.5 Å². The zero-order valence-electron chi connectivity index (χ0n) is 11.4. The van der Waals surface area contributed by atoms with Crippen LogP contribution in [0.2, 0.25) is 10.0 Å². The van der Waals surface area contributed by atoms with E-state index in [2.05, 4.69) is 29.6 Å². The Morgan fingerprint density at radius 3 is 2.60 bits per heavy atom. The molecule has 0 atom stereocenters. The van der Waals surface area contributed by atoms with Crippen LogP contribution in [0.1, 0.15) is 35.4 Å². The summed E-state index contributed by atoms with van der Waals surface area (Å²) in [6.45, 7) is 2.74. The molecule has 0 radical (unpaired) electrons. The Labute approximate surface area is 129 Å². The molecule has 2 aromatic carbocycles. The number of benzene rings is 2. The van der Waals surface area contributed by atoms with E-state index in [0.717, 1.165) is 33.8 Å². The Bertz CT molecular complexity index is 633. The number of hydrogen-bond donors (Lipinski definition) is 1. The highest BCUT2D eigenvalue weighted by Crippen LogP contribution is 2.41. The van der Waals surface area contributed by atoms with Gasteiger partial charge in [-0.2, -0.15) is 0 Å². The van der Waals surface area contributed by atoms with Crippen LogP contribution >= 0.6 is 23.2 Å². The minimum atomic E-state index is 0.718. The number of nitrogens with one attached hydrogen (secondary N) is 1. The van der Waals surface area contributed by atoms with Crippen molar-refractivity contribution in [3.05, 3.63) is 63.1 Å². The highest BCUT2D eigenvalue weighted by Gasteiger charge is 2.25. The predicted octanol–water partition coefficient (Wildman–Crippen LogP) is 5.79. The summed E-state index contributed by atoms with van der Waals surface area (Å²) in [6, 6.07) is 12.4. The molecule has 20 heavy (non-hydrogen) atoms. The number of rotatable bonds is 4. The van der Waals surface area contributed by atoms with Crippen LogP contribution in [-0.4, -0.2) is 0 Å². The van der Waals surface area contributed by atoms with E-state index >= 15 is 0 Å². The Balaban J connectivity index is 1.78. The maximum absolute atomic E-state index is 6.26. The molecule has 0 spiro atoms. The van der Waals surface area contributed by atoms with Crippen molar-refractivity contribution in [1.29, 1.82) is 0 Å². The molecule has 0 bridgehead atoms. The van der Waals surface area contributed by atoms with E-state index in [1.54, 1.807) is 0 Å². The summed E-state index contributed by atoms with van der Waals surface area (Å²) in [5, 5.41) is 4.87. The van der Waals surface area contributed by atoms with Crippen LogP contribution in [0.4, 0.5) is 5.69 Å². The number of anilines is 1. The first-order valence-corrected chi connectivity index (χ1v) is 7.68. The lowest BCUT2D eigenvalue weighted by molar-refractivity contribution is 1.04. The second kappa shape index (κ2) is 5.67. The molecule has 1 fully saturated rings. The van der Waals surface area contributed by atoms with E-state index in [1.807, 2.05) is 19.1 Å². The average molecular weight is 306 g/mol. The number of halogens is 2. The lowest BCUT2D eigenvalue weighted by Crippen LogP contribution is -2.03. The summed E-state index contributed by atoms with van der Waals surface area (Å²) in [5.41, 5.74) is 4.71. The third-order valence-electron chi connectivity index (χ3n) is 3.79. The summed E-state index contributed by atoms with van der Waals surface area (Å²) in [5.74, 6) is 0.755. The van der Waals surface area contributed by atoms with E-state index in [4.69, 9.17) is 23.2 Å². The van der Waals surface area contributed by atoms with Crippen LogP contribution in [0.25, 0.3) is 0 Å². The summed E-state index contributed by atoms with van der Waals surface area (Å²) in [6.07, 6.45) is 2.63. The van der Waals surface area contributed by atoms with Gasteiger partial charge in [-0.15, -0.1) is 0 Å². The van der Waals surface area contributed by atoms with Crippen molar-refractivity contribution in [2.24, 2.45) is 0 Å². The van der Waals surface area contributed by atoms with Gasteiger partial charge in [0.15, 0.2) is 0 Å². The van der Waals surface area contributed by atoms with Crippen LogP contribution in [0, 0.1) is 6.92 Å². The molecule has 1 N–H and O–H groups in total. The summed E-state index contributed by atoms with van der Waals surface area (Å²) >= 11 is 12.4. The number of hydrogen-bond acceptors (Lipinski definition) is 1. The molecule has 0 unspecified atom stereocenters. The van der Waals surface area contributed by atoms with Gasteiger partial charge in [0.25, 0.3) is 0 Å². The van der Waals surface area contributed by atoms with Gasteiger partial charge in [0.05, 0.1) is 10.7 Å².